The van der Waals surface area contributed by atoms with Gasteiger partial charge < -0.3 is 9.47 Å². The average Bonchev–Trinajstić information content (AvgIpc) is 2.42. The van der Waals surface area contributed by atoms with Crippen molar-refractivity contribution in [2.24, 2.45) is 0 Å². The lowest BCUT2D eigenvalue weighted by Crippen LogP contribution is -2.25. The third-order valence-electron chi connectivity index (χ3n) is 2.82. The summed E-state index contributed by atoms with van der Waals surface area (Å²) in [6, 6.07) is 8.03. The molecule has 1 aromatic carbocycles. The number of carbonyl (C=O) groups excluding carboxylic acids is 2. The van der Waals surface area contributed by atoms with Crippen molar-refractivity contribution in [1.29, 1.82) is 0 Å². The normalized spacial score (nSPS) is 10.4. The minimum atomic E-state index is -0.523. The van der Waals surface area contributed by atoms with E-state index in [0.717, 1.165) is 0 Å². The quantitative estimate of drug-likeness (QED) is 0.629. The molecular formula is C15H15NO5. The lowest BCUT2D eigenvalue weighted by molar-refractivity contribution is -0.143. The van der Waals surface area contributed by atoms with E-state index in [9.17, 15) is 14.4 Å². The number of nitrogens with zero attached hydrogens (tertiary/aromatic N) is 1. The van der Waals surface area contributed by atoms with Crippen molar-refractivity contribution in [3.63, 3.8) is 0 Å². The van der Waals surface area contributed by atoms with Crippen LogP contribution in [0.15, 0.2) is 35.1 Å². The van der Waals surface area contributed by atoms with Crippen LogP contribution in [-0.2, 0) is 20.9 Å². The first-order valence-electron chi connectivity index (χ1n) is 6.49. The van der Waals surface area contributed by atoms with Gasteiger partial charge in [-0.05, 0) is 19.1 Å². The van der Waals surface area contributed by atoms with Crippen molar-refractivity contribution >= 4 is 22.8 Å². The van der Waals surface area contributed by atoms with Crippen molar-refractivity contribution in [2.45, 2.75) is 20.4 Å². The Bertz CT molecular complexity index is 747. The van der Waals surface area contributed by atoms with Crippen LogP contribution in [0.3, 0.4) is 0 Å². The van der Waals surface area contributed by atoms with Crippen LogP contribution in [0, 0.1) is 0 Å². The van der Waals surface area contributed by atoms with E-state index >= 15 is 0 Å². The molecule has 1 heterocycles. The van der Waals surface area contributed by atoms with E-state index in [1.807, 2.05) is 0 Å². The molecule has 0 radical (unpaired) electrons. The smallest absolute Gasteiger partial charge is 0.326 e. The highest BCUT2D eigenvalue weighted by molar-refractivity contribution is 5.88. The highest BCUT2D eigenvalue weighted by Gasteiger charge is 2.13. The molecule has 0 unspecified atom stereocenters. The molecule has 110 valence electrons. The Morgan fingerprint density at radius 3 is 2.62 bits per heavy atom. The number of carbonyl (C=O) groups is 2. The zero-order valence-corrected chi connectivity index (χ0v) is 11.8. The lowest BCUT2D eigenvalue weighted by Gasteiger charge is -2.12. The van der Waals surface area contributed by atoms with Crippen LogP contribution < -0.4 is 10.3 Å². The maximum absolute atomic E-state index is 12.0. The summed E-state index contributed by atoms with van der Waals surface area (Å²) in [6.45, 7) is 2.96. The van der Waals surface area contributed by atoms with Gasteiger partial charge in [-0.25, -0.2) is 0 Å². The molecule has 0 spiro atoms. The molecule has 0 saturated heterocycles. The van der Waals surface area contributed by atoms with Gasteiger partial charge in [-0.2, -0.15) is 0 Å². The number of pyridine rings is 1. The molecule has 0 aliphatic carbocycles. The Balaban J connectivity index is 2.61. The number of hydrogen-bond donors (Lipinski definition) is 0. The number of benzene rings is 1. The zero-order chi connectivity index (χ0) is 15.4. The number of fused-ring (bicyclic) bond motifs is 1. The second-order valence-corrected chi connectivity index (χ2v) is 4.35. The zero-order valence-electron chi connectivity index (χ0n) is 11.8. The molecule has 6 heteroatoms. The van der Waals surface area contributed by atoms with Crippen LogP contribution >= 0.6 is 0 Å². The topological polar surface area (TPSA) is 74.6 Å². The number of ether oxygens (including phenoxy) is 2. The fraction of sp³-hybridized carbons (Fsp3) is 0.267. The van der Waals surface area contributed by atoms with E-state index in [0.29, 0.717) is 10.9 Å². The summed E-state index contributed by atoms with van der Waals surface area (Å²) in [7, 11) is 0. The van der Waals surface area contributed by atoms with E-state index in [-0.39, 0.29) is 24.5 Å². The summed E-state index contributed by atoms with van der Waals surface area (Å²) in [6.07, 6.45) is 0. The maximum Gasteiger partial charge on any atom is 0.326 e. The third-order valence-corrected chi connectivity index (χ3v) is 2.82. The largest absolute Gasteiger partial charge is 0.465 e. The molecule has 1 aromatic heterocycles. The summed E-state index contributed by atoms with van der Waals surface area (Å²) >= 11 is 0. The van der Waals surface area contributed by atoms with Crippen molar-refractivity contribution in [2.75, 3.05) is 6.61 Å². The van der Waals surface area contributed by atoms with Gasteiger partial charge in [0.05, 0.1) is 12.1 Å². The molecule has 6 nitrogen and oxygen atoms in total. The first-order chi connectivity index (χ1) is 10.0. The summed E-state index contributed by atoms with van der Waals surface area (Å²) < 4.78 is 11.2. The molecule has 0 aliphatic rings. The van der Waals surface area contributed by atoms with E-state index in [1.165, 1.54) is 17.6 Å². The van der Waals surface area contributed by atoms with Crippen molar-refractivity contribution in [1.82, 2.24) is 4.57 Å². The minimum Gasteiger partial charge on any atom is -0.465 e. The van der Waals surface area contributed by atoms with E-state index < -0.39 is 11.9 Å². The molecule has 0 amide bonds. The Morgan fingerprint density at radius 2 is 1.95 bits per heavy atom. The molecule has 0 atom stereocenters. The highest BCUT2D eigenvalue weighted by atomic mass is 16.5. The monoisotopic (exact) mass is 289 g/mol. The molecule has 0 N–H and O–H groups in total. The van der Waals surface area contributed by atoms with Crippen LogP contribution in [0.5, 0.6) is 5.75 Å². The fourth-order valence-electron chi connectivity index (χ4n) is 2.05. The Kier molecular flexibility index (Phi) is 4.37. The van der Waals surface area contributed by atoms with E-state index in [4.69, 9.17) is 9.47 Å². The highest BCUT2D eigenvalue weighted by Crippen LogP contribution is 2.24. The standard InChI is InChI=1S/C15H15NO5/c1-3-20-14(19)9-16-13(18)8-7-11-5-4-6-12(15(11)16)21-10(2)17/h4-8H,3,9H2,1-2H3. The minimum absolute atomic E-state index is 0.231. The SMILES string of the molecule is CCOC(=O)Cn1c(=O)ccc2cccc(OC(C)=O)c21. The van der Waals surface area contributed by atoms with Gasteiger partial charge in [0, 0.05) is 18.4 Å². The van der Waals surface area contributed by atoms with Gasteiger partial charge in [0.15, 0.2) is 5.75 Å². The first-order valence-corrected chi connectivity index (χ1v) is 6.49. The van der Waals surface area contributed by atoms with Gasteiger partial charge in [-0.1, -0.05) is 12.1 Å². The number of rotatable bonds is 4. The predicted octanol–water partition coefficient (Wildman–Crippen LogP) is 1.49. The second kappa shape index (κ2) is 6.21. The van der Waals surface area contributed by atoms with Crippen molar-refractivity contribution in [3.8, 4) is 5.75 Å². The van der Waals surface area contributed by atoms with Gasteiger partial charge in [0.1, 0.15) is 6.54 Å². The predicted molar refractivity (Wildman–Crippen MR) is 76.2 cm³/mol. The van der Waals surface area contributed by atoms with Crippen molar-refractivity contribution in [3.05, 3.63) is 40.7 Å². The molecule has 21 heavy (non-hydrogen) atoms. The van der Waals surface area contributed by atoms with Crippen LogP contribution in [0.25, 0.3) is 10.9 Å². The molecule has 0 fully saturated rings. The fourth-order valence-corrected chi connectivity index (χ4v) is 2.05. The van der Waals surface area contributed by atoms with E-state index in [1.54, 1.807) is 31.2 Å². The summed E-state index contributed by atoms with van der Waals surface area (Å²) in [5.41, 5.74) is 0.0309. The summed E-state index contributed by atoms with van der Waals surface area (Å²) in [5.74, 6) is -0.784. The first kappa shape index (κ1) is 14.8. The third kappa shape index (κ3) is 3.28. The van der Waals surface area contributed by atoms with Gasteiger partial charge in [0.25, 0.3) is 5.56 Å². The van der Waals surface area contributed by atoms with Crippen LogP contribution in [0.1, 0.15) is 13.8 Å². The molecule has 2 aromatic rings. The number of para-hydroxylation sites is 1. The molecule has 0 bridgehead atoms. The maximum atomic E-state index is 12.0. The number of aromatic nitrogens is 1. The van der Waals surface area contributed by atoms with Crippen LogP contribution in [-0.4, -0.2) is 23.1 Å². The molecule has 0 aliphatic heterocycles. The Hall–Kier alpha value is -2.63. The molecule has 0 saturated carbocycles. The average molecular weight is 289 g/mol. The van der Waals surface area contributed by atoms with Crippen molar-refractivity contribution < 1.29 is 19.1 Å². The second-order valence-electron chi connectivity index (χ2n) is 4.35. The van der Waals surface area contributed by atoms with Gasteiger partial charge in [-0.15, -0.1) is 0 Å². The van der Waals surface area contributed by atoms with Gasteiger partial charge in [0.2, 0.25) is 0 Å². The lowest BCUT2D eigenvalue weighted by atomic mass is 10.2. The van der Waals surface area contributed by atoms with Gasteiger partial charge in [-0.3, -0.25) is 19.0 Å². The van der Waals surface area contributed by atoms with E-state index in [2.05, 4.69) is 0 Å². The van der Waals surface area contributed by atoms with Crippen LogP contribution in [0.2, 0.25) is 0 Å². The van der Waals surface area contributed by atoms with Crippen LogP contribution in [0.4, 0.5) is 0 Å². The van der Waals surface area contributed by atoms with Gasteiger partial charge >= 0.3 is 11.9 Å². The number of hydrogen-bond acceptors (Lipinski definition) is 5. The molecule has 2 rings (SSSR count). The Labute approximate surface area is 120 Å². The summed E-state index contributed by atoms with van der Waals surface area (Å²) in [4.78, 5) is 34.9. The number of esters is 2. The summed E-state index contributed by atoms with van der Waals surface area (Å²) in [5, 5.41) is 0.692. The Morgan fingerprint density at radius 1 is 1.19 bits per heavy atom. The molecular weight excluding hydrogens is 274 g/mol.